The van der Waals surface area contributed by atoms with Crippen molar-refractivity contribution in [2.75, 3.05) is 20.8 Å². The van der Waals surface area contributed by atoms with Crippen LogP contribution in [0.1, 0.15) is 18.1 Å². The molecule has 22 heavy (non-hydrogen) atoms. The molecule has 2 N–H and O–H groups in total. The molecule has 0 aliphatic rings. The van der Waals surface area contributed by atoms with E-state index in [0.717, 1.165) is 0 Å². The van der Waals surface area contributed by atoms with Crippen molar-refractivity contribution in [3.63, 3.8) is 0 Å². The van der Waals surface area contributed by atoms with Crippen LogP contribution in [0.4, 0.5) is 0 Å². The number of aliphatic hydroxyl groups excluding tert-OH is 2. The summed E-state index contributed by atoms with van der Waals surface area (Å²) in [4.78, 5) is 0. The zero-order valence-electron chi connectivity index (χ0n) is 14.4. The number of aliphatic hydroxyl groups is 2. The zero-order valence-corrected chi connectivity index (χ0v) is 14.4. The number of rotatable bonds is 1. The van der Waals surface area contributed by atoms with E-state index in [1.165, 1.54) is 18.1 Å². The Morgan fingerprint density at radius 2 is 1.05 bits per heavy atom. The fraction of sp³-hybridized carbons (Fsp3) is 0.368. The number of hydrogen-bond acceptors (Lipinski definition) is 3. The van der Waals surface area contributed by atoms with Crippen LogP contribution < -0.4 is 0 Å². The van der Waals surface area contributed by atoms with Crippen LogP contribution >= 0.6 is 0 Å². The van der Waals surface area contributed by atoms with Crippen molar-refractivity contribution < 1.29 is 14.9 Å². The Labute approximate surface area is 135 Å². The molecule has 1 atom stereocenters. The van der Waals surface area contributed by atoms with Gasteiger partial charge >= 0.3 is 0 Å². The molecular weight excluding hydrogens is 276 g/mol. The molecule has 1 unspecified atom stereocenters. The molecule has 3 nitrogen and oxygen atoms in total. The second kappa shape index (κ2) is 17.4. The van der Waals surface area contributed by atoms with Crippen LogP contribution in [0.2, 0.25) is 0 Å². The Bertz CT molecular complexity index is 376. The van der Waals surface area contributed by atoms with Crippen molar-refractivity contribution in [2.45, 2.75) is 26.9 Å². The summed E-state index contributed by atoms with van der Waals surface area (Å²) in [5.41, 5.74) is 2.64. The summed E-state index contributed by atoms with van der Waals surface area (Å²) in [6.45, 7) is 5.56. The normalized spacial score (nSPS) is 9.77. The average Bonchev–Trinajstić information content (AvgIpc) is 2.51. The third-order valence-electron chi connectivity index (χ3n) is 2.15. The van der Waals surface area contributed by atoms with E-state index < -0.39 is 6.10 Å². The second-order valence-corrected chi connectivity index (χ2v) is 4.75. The summed E-state index contributed by atoms with van der Waals surface area (Å²) in [5.74, 6) is 0. The maximum Gasteiger partial charge on any atom is 0.0742 e. The zero-order chi connectivity index (χ0) is 17.2. The lowest BCUT2D eigenvalue weighted by molar-refractivity contribution is 0.110. The summed E-state index contributed by atoms with van der Waals surface area (Å²) in [6, 6.07) is 20.5. The fourth-order valence-electron chi connectivity index (χ4n) is 1.07. The summed E-state index contributed by atoms with van der Waals surface area (Å²) < 4.78 is 4.25. The van der Waals surface area contributed by atoms with Gasteiger partial charge in [0.15, 0.2) is 0 Å². The highest BCUT2D eigenvalue weighted by Gasteiger charge is 1.83. The van der Waals surface area contributed by atoms with Gasteiger partial charge < -0.3 is 14.9 Å². The molecule has 0 saturated heterocycles. The van der Waals surface area contributed by atoms with E-state index in [-0.39, 0.29) is 6.61 Å². The molecule has 0 aromatic heterocycles. The molecule has 0 spiro atoms. The monoisotopic (exact) mass is 306 g/mol. The topological polar surface area (TPSA) is 49.7 Å². The van der Waals surface area contributed by atoms with Gasteiger partial charge in [0.1, 0.15) is 0 Å². The van der Waals surface area contributed by atoms with Gasteiger partial charge in [0.25, 0.3) is 0 Å². The highest BCUT2D eigenvalue weighted by molar-refractivity contribution is 5.12. The molecule has 0 fully saturated rings. The third-order valence-corrected chi connectivity index (χ3v) is 2.15. The maximum absolute atomic E-state index is 8.11. The summed E-state index contributed by atoms with van der Waals surface area (Å²) in [5, 5.41) is 16.0. The molecule has 0 heterocycles. The maximum atomic E-state index is 8.11. The number of hydrogen-bond donors (Lipinski definition) is 2. The van der Waals surface area contributed by atoms with Crippen LogP contribution in [0.15, 0.2) is 60.7 Å². The molecule has 0 radical (unpaired) electrons. The van der Waals surface area contributed by atoms with Crippen LogP contribution in [0, 0.1) is 13.8 Å². The van der Waals surface area contributed by atoms with Gasteiger partial charge in [-0.15, -0.1) is 0 Å². The van der Waals surface area contributed by atoms with E-state index in [1.54, 1.807) is 14.2 Å². The number of aryl methyl sites for hydroxylation is 2. The Hall–Kier alpha value is -1.68. The Morgan fingerprint density at radius 1 is 0.818 bits per heavy atom. The summed E-state index contributed by atoms with van der Waals surface area (Å²) >= 11 is 0. The molecule has 0 bridgehead atoms. The van der Waals surface area contributed by atoms with E-state index in [1.807, 2.05) is 36.4 Å². The average molecular weight is 306 g/mol. The lowest BCUT2D eigenvalue weighted by atomic mass is 10.2. The first kappa shape index (κ1) is 22.6. The van der Waals surface area contributed by atoms with Gasteiger partial charge in [-0.25, -0.2) is 0 Å². The molecule has 2 aromatic carbocycles. The second-order valence-electron chi connectivity index (χ2n) is 4.75. The minimum Gasteiger partial charge on any atom is -0.394 e. The molecule has 2 rings (SSSR count). The third kappa shape index (κ3) is 20.6. The largest absolute Gasteiger partial charge is 0.394 e. The van der Waals surface area contributed by atoms with Gasteiger partial charge in [-0.05, 0) is 20.8 Å². The fourth-order valence-corrected chi connectivity index (χ4v) is 1.07. The standard InChI is InChI=1S/2C7H8.C3H8O2.C2H6O/c2*1-7-5-3-2-4-6-7;1-3(5)2-4;1-3-2/h2*2-6H,1H3;3-5H,2H2,1H3;1-2H3. The molecule has 3 heteroatoms. The van der Waals surface area contributed by atoms with Crippen LogP contribution in [0.5, 0.6) is 0 Å². The van der Waals surface area contributed by atoms with E-state index in [9.17, 15) is 0 Å². The van der Waals surface area contributed by atoms with Gasteiger partial charge in [0, 0.05) is 14.2 Å². The molecular formula is C19H30O3. The smallest absolute Gasteiger partial charge is 0.0742 e. The van der Waals surface area contributed by atoms with Crippen LogP contribution in [-0.4, -0.2) is 37.1 Å². The van der Waals surface area contributed by atoms with Crippen molar-refractivity contribution in [2.24, 2.45) is 0 Å². The Kier molecular flexibility index (Phi) is 17.8. The van der Waals surface area contributed by atoms with Crippen molar-refractivity contribution in [1.82, 2.24) is 0 Å². The number of methoxy groups -OCH3 is 1. The highest BCUT2D eigenvalue weighted by Crippen LogP contribution is 1.92. The minimum atomic E-state index is -0.560. The van der Waals surface area contributed by atoms with Crippen LogP contribution in [0.25, 0.3) is 0 Å². The van der Waals surface area contributed by atoms with E-state index >= 15 is 0 Å². The first-order valence-electron chi connectivity index (χ1n) is 7.20. The first-order chi connectivity index (χ1) is 10.5. The summed E-state index contributed by atoms with van der Waals surface area (Å²) in [6.07, 6.45) is -0.560. The van der Waals surface area contributed by atoms with Crippen molar-refractivity contribution in [3.05, 3.63) is 71.8 Å². The highest BCUT2D eigenvalue weighted by atomic mass is 16.4. The number of ether oxygens (including phenoxy) is 1. The Balaban J connectivity index is 0. The molecule has 2 aromatic rings. The van der Waals surface area contributed by atoms with Crippen molar-refractivity contribution in [3.8, 4) is 0 Å². The minimum absolute atomic E-state index is 0.139. The van der Waals surface area contributed by atoms with Crippen LogP contribution in [-0.2, 0) is 4.74 Å². The lowest BCUT2D eigenvalue weighted by Gasteiger charge is -1.90. The van der Waals surface area contributed by atoms with Gasteiger partial charge in [0.2, 0.25) is 0 Å². The SMILES string of the molecule is CC(O)CO.COC.Cc1ccccc1.Cc1ccccc1. The predicted octanol–water partition coefficient (Wildman–Crippen LogP) is 3.61. The van der Waals surface area contributed by atoms with Crippen LogP contribution in [0.3, 0.4) is 0 Å². The van der Waals surface area contributed by atoms with Gasteiger partial charge in [0.05, 0.1) is 12.7 Å². The van der Waals surface area contributed by atoms with Gasteiger partial charge in [-0.2, -0.15) is 0 Å². The molecule has 0 amide bonds. The van der Waals surface area contributed by atoms with Gasteiger partial charge in [-0.3, -0.25) is 0 Å². The molecule has 0 aliphatic carbocycles. The van der Waals surface area contributed by atoms with Crippen molar-refractivity contribution >= 4 is 0 Å². The molecule has 0 saturated carbocycles. The quantitative estimate of drug-likeness (QED) is 0.846. The van der Waals surface area contributed by atoms with E-state index in [0.29, 0.717) is 0 Å². The molecule has 124 valence electrons. The van der Waals surface area contributed by atoms with E-state index in [4.69, 9.17) is 10.2 Å². The van der Waals surface area contributed by atoms with Crippen molar-refractivity contribution in [1.29, 1.82) is 0 Å². The summed E-state index contributed by atoms with van der Waals surface area (Å²) in [7, 11) is 3.25. The van der Waals surface area contributed by atoms with Gasteiger partial charge in [-0.1, -0.05) is 71.8 Å². The van der Waals surface area contributed by atoms with E-state index in [2.05, 4.69) is 42.8 Å². The molecule has 0 aliphatic heterocycles. The predicted molar refractivity (Wildman–Crippen MR) is 94.1 cm³/mol. The lowest BCUT2D eigenvalue weighted by Crippen LogP contribution is -2.03. The first-order valence-corrected chi connectivity index (χ1v) is 7.20. The Morgan fingerprint density at radius 3 is 1.14 bits per heavy atom. The number of benzene rings is 2.